The third kappa shape index (κ3) is 4.19. The lowest BCUT2D eigenvalue weighted by Gasteiger charge is -2.16. The highest BCUT2D eigenvalue weighted by Crippen LogP contribution is 2.25. The van der Waals surface area contributed by atoms with E-state index < -0.39 is 17.4 Å². The molecule has 0 aliphatic carbocycles. The van der Waals surface area contributed by atoms with Gasteiger partial charge >= 0.3 is 0 Å². The average molecular weight is 457 g/mol. The molecule has 0 fully saturated rings. The molecule has 0 spiro atoms. The molecule has 2 heterocycles. The molecule has 2 aromatic carbocycles. The van der Waals surface area contributed by atoms with E-state index in [1.54, 1.807) is 37.3 Å². The summed E-state index contributed by atoms with van der Waals surface area (Å²) in [5.74, 6) is -1.14. The van der Waals surface area contributed by atoms with E-state index in [2.05, 4.69) is 15.7 Å². The molecule has 0 radical (unpaired) electrons. The van der Waals surface area contributed by atoms with Crippen LogP contribution in [0.5, 0.6) is 0 Å². The number of benzene rings is 2. The Labute approximate surface area is 188 Å². The van der Waals surface area contributed by atoms with Gasteiger partial charge in [0.25, 0.3) is 5.91 Å². The number of carbonyl (C=O) groups is 2. The van der Waals surface area contributed by atoms with Gasteiger partial charge in [0.05, 0.1) is 11.4 Å². The highest BCUT2D eigenvalue weighted by atomic mass is 35.5. The summed E-state index contributed by atoms with van der Waals surface area (Å²) in [5.41, 5.74) is 1.52. The standard InChI is InChI=1S/C22H18Cl2N4O3/c1-12-18(24)20(29)19(27-28(12)15-5-3-2-4-6-15)22(31)26-17-9-7-13-11-14(23)8-10-16(13)25-21(17)30/h2-6,8,10-11,17H,7,9H2,1H3,(H,25,30)(H,26,31). The van der Waals surface area contributed by atoms with E-state index in [9.17, 15) is 14.4 Å². The van der Waals surface area contributed by atoms with Crippen molar-refractivity contribution in [3.8, 4) is 5.69 Å². The van der Waals surface area contributed by atoms with Crippen LogP contribution in [0.15, 0.2) is 53.3 Å². The number of fused-ring (bicyclic) bond motifs is 1. The predicted molar refractivity (Wildman–Crippen MR) is 119 cm³/mol. The lowest BCUT2D eigenvalue weighted by atomic mass is 10.1. The first kappa shape index (κ1) is 21.1. The summed E-state index contributed by atoms with van der Waals surface area (Å²) >= 11 is 12.2. The first-order valence-corrected chi connectivity index (χ1v) is 10.4. The molecule has 0 bridgehead atoms. The van der Waals surface area contributed by atoms with E-state index in [1.165, 1.54) is 4.68 Å². The van der Waals surface area contributed by atoms with Gasteiger partial charge in [0.15, 0.2) is 5.69 Å². The van der Waals surface area contributed by atoms with Crippen LogP contribution in [0.25, 0.3) is 5.69 Å². The minimum absolute atomic E-state index is 0.101. The molecule has 31 heavy (non-hydrogen) atoms. The molecule has 1 aliphatic heterocycles. The summed E-state index contributed by atoms with van der Waals surface area (Å²) in [6, 6.07) is 13.4. The van der Waals surface area contributed by atoms with Crippen LogP contribution in [0.1, 0.15) is 28.2 Å². The zero-order chi connectivity index (χ0) is 22.1. The first-order valence-electron chi connectivity index (χ1n) is 9.60. The van der Waals surface area contributed by atoms with Crippen LogP contribution >= 0.6 is 23.2 Å². The van der Waals surface area contributed by atoms with Gasteiger partial charge in [-0.2, -0.15) is 5.10 Å². The highest BCUT2D eigenvalue weighted by Gasteiger charge is 2.28. The number of carbonyl (C=O) groups excluding carboxylic acids is 2. The fraction of sp³-hybridized carbons (Fsp3) is 0.182. The monoisotopic (exact) mass is 456 g/mol. The summed E-state index contributed by atoms with van der Waals surface area (Å²) in [7, 11) is 0. The van der Waals surface area contributed by atoms with E-state index in [4.69, 9.17) is 23.2 Å². The van der Waals surface area contributed by atoms with Crippen LogP contribution in [-0.4, -0.2) is 27.6 Å². The van der Waals surface area contributed by atoms with Crippen LogP contribution < -0.4 is 16.1 Å². The molecular formula is C22H18Cl2N4O3. The molecule has 7 nitrogen and oxygen atoms in total. The number of aromatic nitrogens is 2. The Morgan fingerprint density at radius 3 is 2.65 bits per heavy atom. The van der Waals surface area contributed by atoms with Gasteiger partial charge < -0.3 is 10.6 Å². The maximum atomic E-state index is 12.9. The number of nitrogens with zero attached hydrogens (tertiary/aromatic N) is 2. The highest BCUT2D eigenvalue weighted by molar-refractivity contribution is 6.31. The van der Waals surface area contributed by atoms with E-state index >= 15 is 0 Å². The number of nitrogens with one attached hydrogen (secondary N) is 2. The van der Waals surface area contributed by atoms with Gasteiger partial charge in [0.1, 0.15) is 11.1 Å². The summed E-state index contributed by atoms with van der Waals surface area (Å²) in [5, 5.41) is 10.1. The van der Waals surface area contributed by atoms with Crippen molar-refractivity contribution in [1.82, 2.24) is 15.1 Å². The molecule has 0 saturated carbocycles. The zero-order valence-electron chi connectivity index (χ0n) is 16.5. The SMILES string of the molecule is Cc1c(Cl)c(=O)c(C(=O)NC2CCc3cc(Cl)ccc3NC2=O)nn1-c1ccccc1. The van der Waals surface area contributed by atoms with E-state index in [1.807, 2.05) is 18.2 Å². The predicted octanol–water partition coefficient (Wildman–Crippen LogP) is 3.53. The van der Waals surface area contributed by atoms with Gasteiger partial charge in [-0.25, -0.2) is 4.68 Å². The topological polar surface area (TPSA) is 93.1 Å². The normalized spacial score (nSPS) is 15.6. The molecule has 2 amide bonds. The van der Waals surface area contributed by atoms with Crippen molar-refractivity contribution < 1.29 is 9.59 Å². The van der Waals surface area contributed by atoms with Crippen LogP contribution in [-0.2, 0) is 11.2 Å². The van der Waals surface area contributed by atoms with Crippen molar-refractivity contribution >= 4 is 40.7 Å². The van der Waals surface area contributed by atoms with Crippen molar-refractivity contribution in [1.29, 1.82) is 0 Å². The minimum Gasteiger partial charge on any atom is -0.339 e. The number of para-hydroxylation sites is 1. The largest absolute Gasteiger partial charge is 0.339 e. The minimum atomic E-state index is -0.842. The average Bonchev–Trinajstić information content (AvgIpc) is 2.91. The second-order valence-electron chi connectivity index (χ2n) is 7.18. The molecule has 1 atom stereocenters. The third-order valence-electron chi connectivity index (χ3n) is 5.11. The van der Waals surface area contributed by atoms with Crippen LogP contribution in [0.2, 0.25) is 10.0 Å². The summed E-state index contributed by atoms with van der Waals surface area (Å²) in [4.78, 5) is 38.2. The van der Waals surface area contributed by atoms with Gasteiger partial charge in [-0.1, -0.05) is 41.4 Å². The lowest BCUT2D eigenvalue weighted by molar-refractivity contribution is -0.118. The maximum absolute atomic E-state index is 12.9. The van der Waals surface area contributed by atoms with Gasteiger partial charge in [0.2, 0.25) is 11.3 Å². The molecule has 1 aromatic heterocycles. The molecule has 1 aliphatic rings. The summed E-state index contributed by atoms with van der Waals surface area (Å²) in [6.45, 7) is 1.65. The van der Waals surface area contributed by atoms with Crippen molar-refractivity contribution in [2.45, 2.75) is 25.8 Å². The van der Waals surface area contributed by atoms with Crippen molar-refractivity contribution in [3.05, 3.63) is 85.8 Å². The molecule has 2 N–H and O–H groups in total. The van der Waals surface area contributed by atoms with Gasteiger partial charge in [0, 0.05) is 10.7 Å². The molecule has 1 unspecified atom stereocenters. The number of amides is 2. The Morgan fingerprint density at radius 1 is 1.16 bits per heavy atom. The van der Waals surface area contributed by atoms with E-state index in [-0.39, 0.29) is 16.6 Å². The maximum Gasteiger partial charge on any atom is 0.276 e. The van der Waals surface area contributed by atoms with Crippen molar-refractivity contribution in [2.24, 2.45) is 0 Å². The Kier molecular flexibility index (Phi) is 5.80. The molecule has 4 rings (SSSR count). The molecule has 158 valence electrons. The van der Waals surface area contributed by atoms with Gasteiger partial charge in [-0.05, 0) is 55.7 Å². The van der Waals surface area contributed by atoms with Gasteiger partial charge in [-0.15, -0.1) is 0 Å². The Balaban J connectivity index is 1.62. The number of rotatable bonds is 3. The zero-order valence-corrected chi connectivity index (χ0v) is 18.0. The second kappa shape index (κ2) is 8.53. The fourth-order valence-corrected chi connectivity index (χ4v) is 3.82. The van der Waals surface area contributed by atoms with Crippen molar-refractivity contribution in [3.63, 3.8) is 0 Å². The number of hydrogen-bond donors (Lipinski definition) is 2. The van der Waals surface area contributed by atoms with Crippen LogP contribution in [0.3, 0.4) is 0 Å². The van der Waals surface area contributed by atoms with E-state index in [0.717, 1.165) is 5.56 Å². The smallest absolute Gasteiger partial charge is 0.276 e. The lowest BCUT2D eigenvalue weighted by Crippen LogP contribution is -2.45. The Bertz CT molecular complexity index is 1240. The Hall–Kier alpha value is -3.16. The Morgan fingerprint density at radius 2 is 1.90 bits per heavy atom. The quantitative estimate of drug-likeness (QED) is 0.630. The van der Waals surface area contributed by atoms with Gasteiger partial charge in [-0.3, -0.25) is 14.4 Å². The number of halogens is 2. The third-order valence-corrected chi connectivity index (χ3v) is 5.80. The fourth-order valence-electron chi connectivity index (χ4n) is 3.46. The molecule has 9 heteroatoms. The second-order valence-corrected chi connectivity index (χ2v) is 7.99. The number of anilines is 1. The molecule has 3 aromatic rings. The number of hydrogen-bond acceptors (Lipinski definition) is 4. The number of aryl methyl sites for hydroxylation is 1. The molecular weight excluding hydrogens is 439 g/mol. The van der Waals surface area contributed by atoms with Crippen LogP contribution in [0, 0.1) is 6.92 Å². The van der Waals surface area contributed by atoms with Crippen LogP contribution in [0.4, 0.5) is 5.69 Å². The first-order chi connectivity index (χ1) is 14.8. The molecule has 0 saturated heterocycles. The van der Waals surface area contributed by atoms with E-state index in [0.29, 0.717) is 34.9 Å². The van der Waals surface area contributed by atoms with Crippen molar-refractivity contribution in [2.75, 3.05) is 5.32 Å². The summed E-state index contributed by atoms with van der Waals surface area (Å²) < 4.78 is 1.43. The summed E-state index contributed by atoms with van der Waals surface area (Å²) in [6.07, 6.45) is 0.868.